The van der Waals surface area contributed by atoms with Gasteiger partial charge in [-0.2, -0.15) is 0 Å². The minimum absolute atomic E-state index is 0.00868. The number of nitrogens with one attached hydrogen (secondary N) is 1. The first-order valence-corrected chi connectivity index (χ1v) is 25.3. The summed E-state index contributed by atoms with van der Waals surface area (Å²) in [6.45, 7) is 4.55. The van der Waals surface area contributed by atoms with E-state index in [9.17, 15) is 19.4 Å². The lowest BCUT2D eigenvalue weighted by Gasteiger charge is -2.29. The molecule has 0 radical (unpaired) electrons. The Morgan fingerprint density at radius 2 is 0.982 bits per heavy atom. The first-order chi connectivity index (χ1) is 27.5. The van der Waals surface area contributed by atoms with Gasteiger partial charge in [-0.25, -0.2) is 0 Å². The highest BCUT2D eigenvalue weighted by Gasteiger charge is 2.23. The standard InChI is InChI=1S/C48H93N2O6P/c1-6-8-10-12-14-15-16-17-18-19-20-21-22-23-24-25-26-27-28-29-30-31-32-33-34-35-36-37-39-41-47(51)46(49-48(52)42-40-38-13-11-9-7-2)45-56-57(53,54)55-44-43-50(3,4)5/h30-31,34-35,39,41,46-47,51H,6-29,32-33,36-38,40,42-45H2,1-5H3,(H-,49,52,53,54)/b31-30+,35-34+,41-39+. The van der Waals surface area contributed by atoms with Crippen LogP contribution in [0.15, 0.2) is 36.5 Å². The number of phosphoric acid groups is 1. The number of phosphoric ester groups is 1. The number of unbranched alkanes of at least 4 members (excludes halogenated alkanes) is 26. The highest BCUT2D eigenvalue weighted by molar-refractivity contribution is 7.45. The third kappa shape index (κ3) is 42.6. The average molecular weight is 825 g/mol. The van der Waals surface area contributed by atoms with Gasteiger partial charge in [-0.1, -0.05) is 198 Å². The molecule has 0 aromatic rings. The van der Waals surface area contributed by atoms with Crippen LogP contribution in [0.3, 0.4) is 0 Å². The summed E-state index contributed by atoms with van der Waals surface area (Å²) < 4.78 is 23.0. The predicted octanol–water partition coefficient (Wildman–Crippen LogP) is 12.8. The van der Waals surface area contributed by atoms with Crippen LogP contribution in [0.2, 0.25) is 0 Å². The second-order valence-electron chi connectivity index (χ2n) is 17.5. The Balaban J connectivity index is 4.11. The molecule has 0 aliphatic rings. The number of aliphatic hydroxyl groups is 1. The lowest BCUT2D eigenvalue weighted by molar-refractivity contribution is -0.870. The van der Waals surface area contributed by atoms with Crippen molar-refractivity contribution in [3.63, 3.8) is 0 Å². The summed E-state index contributed by atoms with van der Waals surface area (Å²) in [6.07, 6.45) is 49.7. The summed E-state index contributed by atoms with van der Waals surface area (Å²) in [6, 6.07) is -0.903. The number of carbonyl (C=O) groups excluding carboxylic acids is 1. The maximum Gasteiger partial charge on any atom is 0.268 e. The number of hydrogen-bond acceptors (Lipinski definition) is 6. The third-order valence-electron chi connectivity index (χ3n) is 10.6. The van der Waals surface area contributed by atoms with Crippen LogP contribution in [0.25, 0.3) is 0 Å². The van der Waals surface area contributed by atoms with Crippen LogP contribution in [0.5, 0.6) is 0 Å². The van der Waals surface area contributed by atoms with E-state index in [0.717, 1.165) is 51.4 Å². The van der Waals surface area contributed by atoms with Crippen LogP contribution in [0, 0.1) is 0 Å². The van der Waals surface area contributed by atoms with Crippen LogP contribution in [0.4, 0.5) is 0 Å². The summed E-state index contributed by atoms with van der Waals surface area (Å²) in [5.41, 5.74) is 0. The lowest BCUT2D eigenvalue weighted by Crippen LogP contribution is -2.45. The van der Waals surface area contributed by atoms with Crippen molar-refractivity contribution >= 4 is 13.7 Å². The van der Waals surface area contributed by atoms with Gasteiger partial charge in [-0.15, -0.1) is 0 Å². The molecule has 9 heteroatoms. The molecule has 3 unspecified atom stereocenters. The van der Waals surface area contributed by atoms with Gasteiger partial charge < -0.3 is 28.8 Å². The zero-order valence-corrected chi connectivity index (χ0v) is 38.9. The summed E-state index contributed by atoms with van der Waals surface area (Å²) >= 11 is 0. The number of amides is 1. The first kappa shape index (κ1) is 55.7. The lowest BCUT2D eigenvalue weighted by atomic mass is 10.0. The second-order valence-corrected chi connectivity index (χ2v) is 18.9. The Hall–Kier alpha value is -1.28. The summed E-state index contributed by atoms with van der Waals surface area (Å²) in [5.74, 6) is -0.221. The SMILES string of the molecule is CCCCCCCCCCCCCCCCCCCCC/C=C/CC/C=C/CC/C=C/C(O)C(COP(=O)([O-])OCC[N+](C)(C)C)NC(=O)CCCCCCCC. The summed E-state index contributed by atoms with van der Waals surface area (Å²) in [4.78, 5) is 25.0. The van der Waals surface area contributed by atoms with Gasteiger partial charge in [0.15, 0.2) is 0 Å². The van der Waals surface area contributed by atoms with E-state index in [-0.39, 0.29) is 12.5 Å². The van der Waals surface area contributed by atoms with Crippen LogP contribution < -0.4 is 10.2 Å². The molecular weight excluding hydrogens is 732 g/mol. The summed E-state index contributed by atoms with van der Waals surface area (Å²) in [5, 5.41) is 13.7. The molecule has 0 saturated heterocycles. The number of rotatable bonds is 43. The van der Waals surface area contributed by atoms with Crippen LogP contribution in [-0.4, -0.2) is 68.5 Å². The van der Waals surface area contributed by atoms with Crippen LogP contribution in [0.1, 0.15) is 213 Å². The van der Waals surface area contributed by atoms with Crippen molar-refractivity contribution in [3.05, 3.63) is 36.5 Å². The molecule has 0 aromatic heterocycles. The van der Waals surface area contributed by atoms with Gasteiger partial charge in [0.2, 0.25) is 5.91 Å². The smallest absolute Gasteiger partial charge is 0.268 e. The van der Waals surface area contributed by atoms with E-state index < -0.39 is 26.6 Å². The number of nitrogens with zero attached hydrogens (tertiary/aromatic N) is 1. The van der Waals surface area contributed by atoms with E-state index in [1.165, 1.54) is 141 Å². The molecule has 336 valence electrons. The van der Waals surface area contributed by atoms with E-state index in [0.29, 0.717) is 17.4 Å². The fourth-order valence-corrected chi connectivity index (χ4v) is 7.50. The predicted molar refractivity (Wildman–Crippen MR) is 242 cm³/mol. The van der Waals surface area contributed by atoms with Crippen molar-refractivity contribution in [1.29, 1.82) is 0 Å². The van der Waals surface area contributed by atoms with Crippen molar-refractivity contribution in [3.8, 4) is 0 Å². The van der Waals surface area contributed by atoms with Gasteiger partial charge in [0, 0.05) is 6.42 Å². The Morgan fingerprint density at radius 1 is 0.596 bits per heavy atom. The second kappa shape index (κ2) is 40.1. The van der Waals surface area contributed by atoms with Gasteiger partial charge in [0.05, 0.1) is 39.9 Å². The number of carbonyl (C=O) groups is 1. The van der Waals surface area contributed by atoms with Crippen molar-refractivity contribution < 1.29 is 32.9 Å². The topological polar surface area (TPSA) is 108 Å². The molecule has 0 heterocycles. The number of hydrogen-bond donors (Lipinski definition) is 2. The molecule has 0 spiro atoms. The highest BCUT2D eigenvalue weighted by atomic mass is 31.2. The minimum atomic E-state index is -4.59. The third-order valence-corrected chi connectivity index (χ3v) is 11.5. The van der Waals surface area contributed by atoms with E-state index in [2.05, 4.69) is 43.5 Å². The van der Waals surface area contributed by atoms with E-state index >= 15 is 0 Å². The van der Waals surface area contributed by atoms with Gasteiger partial charge >= 0.3 is 0 Å². The van der Waals surface area contributed by atoms with Crippen molar-refractivity contribution in [2.45, 2.75) is 225 Å². The number of allylic oxidation sites excluding steroid dienone is 5. The van der Waals surface area contributed by atoms with Crippen LogP contribution in [-0.2, 0) is 18.4 Å². The molecule has 1 amide bonds. The molecule has 8 nitrogen and oxygen atoms in total. The van der Waals surface area contributed by atoms with E-state index in [1.54, 1.807) is 6.08 Å². The monoisotopic (exact) mass is 825 g/mol. The van der Waals surface area contributed by atoms with E-state index in [1.807, 2.05) is 27.2 Å². The fourth-order valence-electron chi connectivity index (χ4n) is 6.77. The Labute approximate surface area is 353 Å². The molecule has 0 aliphatic heterocycles. The minimum Gasteiger partial charge on any atom is -0.756 e. The molecule has 3 atom stereocenters. The number of aliphatic hydroxyl groups excluding tert-OH is 1. The Kier molecular flexibility index (Phi) is 39.2. The summed E-state index contributed by atoms with van der Waals surface area (Å²) in [7, 11) is 1.23. The zero-order valence-electron chi connectivity index (χ0n) is 38.0. The molecule has 0 fully saturated rings. The number of likely N-dealkylation sites (N-methyl/N-ethyl adjacent to an activating group) is 1. The van der Waals surface area contributed by atoms with Crippen molar-refractivity contribution in [2.24, 2.45) is 0 Å². The molecule has 57 heavy (non-hydrogen) atoms. The van der Waals surface area contributed by atoms with Crippen molar-refractivity contribution in [1.82, 2.24) is 5.32 Å². The first-order valence-electron chi connectivity index (χ1n) is 23.9. The largest absolute Gasteiger partial charge is 0.756 e. The van der Waals surface area contributed by atoms with Gasteiger partial charge in [0.1, 0.15) is 13.2 Å². The zero-order chi connectivity index (χ0) is 42.1. The maximum atomic E-state index is 12.7. The van der Waals surface area contributed by atoms with Gasteiger partial charge in [-0.05, 0) is 44.9 Å². The highest BCUT2D eigenvalue weighted by Crippen LogP contribution is 2.38. The molecular formula is C48H93N2O6P. The Morgan fingerprint density at radius 3 is 1.42 bits per heavy atom. The van der Waals surface area contributed by atoms with Crippen LogP contribution >= 0.6 is 7.82 Å². The average Bonchev–Trinajstić information content (AvgIpc) is 3.16. The molecule has 0 aliphatic carbocycles. The van der Waals surface area contributed by atoms with Gasteiger partial charge in [-0.3, -0.25) is 9.36 Å². The van der Waals surface area contributed by atoms with Crippen molar-refractivity contribution in [2.75, 3.05) is 40.9 Å². The molecule has 0 aromatic carbocycles. The normalized spacial score (nSPS) is 14.6. The molecule has 0 bridgehead atoms. The molecule has 0 rings (SSSR count). The number of quaternary nitrogens is 1. The quantitative estimate of drug-likeness (QED) is 0.0274. The van der Waals surface area contributed by atoms with Gasteiger partial charge in [0.25, 0.3) is 7.82 Å². The fraction of sp³-hybridized carbons (Fsp3) is 0.854. The maximum absolute atomic E-state index is 12.7. The molecule has 2 N–H and O–H groups in total. The van der Waals surface area contributed by atoms with E-state index in [4.69, 9.17) is 9.05 Å². The molecule has 0 saturated carbocycles. The Bertz CT molecular complexity index is 1030.